The van der Waals surface area contributed by atoms with Crippen molar-refractivity contribution in [1.29, 1.82) is 0 Å². The van der Waals surface area contributed by atoms with Crippen LogP contribution in [0.25, 0.3) is 91.5 Å². The van der Waals surface area contributed by atoms with Crippen LogP contribution in [0.1, 0.15) is 6.92 Å². The van der Waals surface area contributed by atoms with Crippen LogP contribution < -0.4 is 0 Å². The smallest absolute Gasteiger partial charge is 0.0626 e. The summed E-state index contributed by atoms with van der Waals surface area (Å²) >= 11 is 1.91. The second-order valence-electron chi connectivity index (χ2n) is 12.1. The highest BCUT2D eigenvalue weighted by atomic mass is 32.1. The molecule has 0 aliphatic carbocycles. The first-order chi connectivity index (χ1) is 23.2. The van der Waals surface area contributed by atoms with Crippen molar-refractivity contribution in [1.82, 2.24) is 4.57 Å². The van der Waals surface area contributed by atoms with Crippen molar-refractivity contribution in [2.24, 2.45) is 0 Å². The molecule has 9 aromatic rings. The van der Waals surface area contributed by atoms with Crippen LogP contribution in [0, 0.1) is 0 Å². The molecule has 47 heavy (non-hydrogen) atoms. The van der Waals surface area contributed by atoms with E-state index in [2.05, 4.69) is 170 Å². The van der Waals surface area contributed by atoms with Crippen molar-refractivity contribution in [3.63, 3.8) is 0 Å². The quantitative estimate of drug-likeness (QED) is 0.169. The van der Waals surface area contributed by atoms with Crippen molar-refractivity contribution in [2.45, 2.75) is 6.92 Å². The summed E-state index contributed by atoms with van der Waals surface area (Å²) in [6.45, 7) is 6.18. The van der Waals surface area contributed by atoms with E-state index in [1.54, 1.807) is 0 Å². The maximum Gasteiger partial charge on any atom is 0.0626 e. The Balaban J connectivity index is 1.46. The van der Waals surface area contributed by atoms with Gasteiger partial charge in [-0.1, -0.05) is 128 Å². The van der Waals surface area contributed by atoms with Crippen LogP contribution in [-0.2, 0) is 0 Å². The van der Waals surface area contributed by atoms with E-state index in [0.29, 0.717) is 0 Å². The Morgan fingerprint density at radius 3 is 2.13 bits per heavy atom. The van der Waals surface area contributed by atoms with Gasteiger partial charge in [0, 0.05) is 47.4 Å². The van der Waals surface area contributed by atoms with Gasteiger partial charge >= 0.3 is 0 Å². The Bertz CT molecular complexity index is 2750. The maximum atomic E-state index is 4.10. The van der Waals surface area contributed by atoms with E-state index in [-0.39, 0.29) is 0 Å². The Hall–Kier alpha value is -5.70. The largest absolute Gasteiger partial charge is 0.309 e. The third kappa shape index (κ3) is 4.30. The number of benzene rings is 7. The van der Waals surface area contributed by atoms with E-state index >= 15 is 0 Å². The van der Waals surface area contributed by atoms with Gasteiger partial charge in [-0.15, -0.1) is 11.3 Å². The van der Waals surface area contributed by atoms with Gasteiger partial charge in [-0.25, -0.2) is 0 Å². The third-order valence-electron chi connectivity index (χ3n) is 9.41. The highest BCUT2D eigenvalue weighted by molar-refractivity contribution is 7.27. The van der Waals surface area contributed by atoms with E-state index in [1.807, 2.05) is 17.4 Å². The molecular formula is C45H31NS. The molecule has 222 valence electrons. The predicted molar refractivity (Wildman–Crippen MR) is 208 cm³/mol. The predicted octanol–water partition coefficient (Wildman–Crippen LogP) is 13.4. The molecular weight excluding hydrogens is 587 g/mol. The molecule has 0 bridgehead atoms. The lowest BCUT2D eigenvalue weighted by Crippen LogP contribution is -1.95. The average molecular weight is 618 g/mol. The van der Waals surface area contributed by atoms with Crippen LogP contribution >= 0.6 is 11.3 Å². The lowest BCUT2D eigenvalue weighted by molar-refractivity contribution is 1.24. The first-order valence-corrected chi connectivity index (χ1v) is 16.9. The number of nitrogens with zero attached hydrogens (tertiary/aromatic N) is 1. The maximum absolute atomic E-state index is 4.10. The molecule has 0 amide bonds. The molecule has 7 aromatic carbocycles. The second kappa shape index (κ2) is 11.0. The number of aromatic nitrogens is 1. The van der Waals surface area contributed by atoms with Crippen molar-refractivity contribution in [2.75, 3.05) is 0 Å². The topological polar surface area (TPSA) is 4.93 Å². The van der Waals surface area contributed by atoms with Gasteiger partial charge in [-0.3, -0.25) is 0 Å². The summed E-state index contributed by atoms with van der Waals surface area (Å²) < 4.78 is 5.10. The van der Waals surface area contributed by atoms with Crippen molar-refractivity contribution in [3.8, 4) is 22.3 Å². The number of thiophene rings is 1. The van der Waals surface area contributed by atoms with Gasteiger partial charge in [0.1, 0.15) is 0 Å². The normalized spacial score (nSPS) is 12.5. The summed E-state index contributed by atoms with van der Waals surface area (Å²) in [5, 5.41) is 10.3. The number of rotatable bonds is 5. The van der Waals surface area contributed by atoms with Crippen molar-refractivity contribution in [3.05, 3.63) is 164 Å². The van der Waals surface area contributed by atoms with Crippen LogP contribution in [0.3, 0.4) is 0 Å². The molecule has 2 aromatic heterocycles. The van der Waals surface area contributed by atoms with Crippen LogP contribution in [0.2, 0.25) is 0 Å². The van der Waals surface area contributed by atoms with E-state index in [4.69, 9.17) is 0 Å². The highest BCUT2D eigenvalue weighted by Crippen LogP contribution is 2.49. The highest BCUT2D eigenvalue weighted by Gasteiger charge is 2.22. The first-order valence-electron chi connectivity index (χ1n) is 16.1. The second-order valence-corrected chi connectivity index (χ2v) is 13.2. The minimum absolute atomic E-state index is 1.09. The van der Waals surface area contributed by atoms with Crippen LogP contribution in [0.5, 0.6) is 0 Å². The van der Waals surface area contributed by atoms with Crippen LogP contribution in [0.4, 0.5) is 0 Å². The molecule has 0 saturated carbocycles. The molecule has 2 heterocycles. The van der Waals surface area contributed by atoms with Crippen LogP contribution in [-0.4, -0.2) is 4.57 Å². The first kappa shape index (κ1) is 27.6. The van der Waals surface area contributed by atoms with Gasteiger partial charge in [0.15, 0.2) is 0 Å². The molecule has 0 fully saturated rings. The fraction of sp³-hybridized carbons (Fsp3) is 0.0222. The fourth-order valence-electron chi connectivity index (χ4n) is 7.34. The fourth-order valence-corrected chi connectivity index (χ4v) is 8.57. The van der Waals surface area contributed by atoms with Gasteiger partial charge in [0.25, 0.3) is 0 Å². The Kier molecular flexibility index (Phi) is 6.45. The molecule has 0 atom stereocenters. The standard InChI is InChI=1S/C45H31NS/c1-3-12-35(13-4-2)46-40-28-34(29-14-6-5-7-15-29)22-24-38(40)42-43-39-27-33(32-21-20-30-16-8-9-17-31(30)26-32)23-25-41(39)47-45(43)37-19-11-10-18-36(37)44(42)46/h3-28H,1H2,2H3/b13-4-,35-12+. The lowest BCUT2D eigenvalue weighted by atomic mass is 9.96. The van der Waals surface area contributed by atoms with Gasteiger partial charge < -0.3 is 4.57 Å². The Morgan fingerprint density at radius 2 is 1.30 bits per heavy atom. The van der Waals surface area contributed by atoms with Crippen LogP contribution in [0.15, 0.2) is 164 Å². The van der Waals surface area contributed by atoms with Gasteiger partial charge in [-0.05, 0) is 76.4 Å². The summed E-state index contributed by atoms with van der Waals surface area (Å²) in [5.41, 5.74) is 8.40. The van der Waals surface area contributed by atoms with Gasteiger partial charge in [0.05, 0.1) is 11.0 Å². The Morgan fingerprint density at radius 1 is 0.596 bits per heavy atom. The summed E-state index contributed by atoms with van der Waals surface area (Å²) in [7, 11) is 0. The van der Waals surface area contributed by atoms with Gasteiger partial charge in [0.2, 0.25) is 0 Å². The monoisotopic (exact) mass is 617 g/mol. The summed E-state index contributed by atoms with van der Waals surface area (Å²) in [6.07, 6.45) is 8.32. The summed E-state index contributed by atoms with van der Waals surface area (Å²) in [5.74, 6) is 0. The zero-order valence-electron chi connectivity index (χ0n) is 26.1. The molecule has 0 radical (unpaired) electrons. The third-order valence-corrected chi connectivity index (χ3v) is 10.6. The average Bonchev–Trinajstić information content (AvgIpc) is 3.67. The molecule has 9 rings (SSSR count). The SMILES string of the molecule is C=C/C=C(\C=C/C)n1c2cc(-c3ccccc3)ccc2c2c3c4cc(-c5ccc6ccccc6c5)ccc4sc3c3ccccc3c21. The van der Waals surface area contributed by atoms with Crippen molar-refractivity contribution < 1.29 is 0 Å². The number of fused-ring (bicyclic) bond motifs is 11. The number of allylic oxidation sites excluding steroid dienone is 5. The zero-order chi connectivity index (χ0) is 31.5. The number of hydrogen-bond acceptors (Lipinski definition) is 1. The van der Waals surface area contributed by atoms with Crippen molar-refractivity contribution >= 4 is 80.6 Å². The summed E-state index contributed by atoms with van der Waals surface area (Å²) in [4.78, 5) is 0. The molecule has 0 saturated heterocycles. The lowest BCUT2D eigenvalue weighted by Gasteiger charge is -2.12. The summed E-state index contributed by atoms with van der Waals surface area (Å²) in [6, 6.07) is 49.0. The minimum Gasteiger partial charge on any atom is -0.309 e. The van der Waals surface area contributed by atoms with E-state index in [1.165, 1.54) is 85.8 Å². The molecule has 0 spiro atoms. The van der Waals surface area contributed by atoms with Gasteiger partial charge in [-0.2, -0.15) is 0 Å². The minimum atomic E-state index is 1.09. The zero-order valence-corrected chi connectivity index (χ0v) is 26.9. The van der Waals surface area contributed by atoms with E-state index in [0.717, 1.165) is 5.70 Å². The Labute approximate surface area is 277 Å². The molecule has 0 N–H and O–H groups in total. The van der Waals surface area contributed by atoms with E-state index in [9.17, 15) is 0 Å². The van der Waals surface area contributed by atoms with E-state index < -0.39 is 0 Å². The number of hydrogen-bond donors (Lipinski definition) is 0. The molecule has 1 nitrogen and oxygen atoms in total. The molecule has 0 aliphatic rings. The molecule has 0 aliphatic heterocycles. The molecule has 2 heteroatoms. The molecule has 0 unspecified atom stereocenters.